The third-order valence-electron chi connectivity index (χ3n) is 2.57. The van der Waals surface area contributed by atoms with Crippen molar-refractivity contribution in [1.82, 2.24) is 0 Å². The average molecular weight is 220 g/mol. The highest BCUT2D eigenvalue weighted by molar-refractivity contribution is 5.99. The number of rotatable bonds is 2. The fraction of sp³-hybridized carbons (Fsp3) is 0.462. The van der Waals surface area contributed by atoms with Crippen molar-refractivity contribution in [2.24, 2.45) is 5.73 Å². The minimum absolute atomic E-state index is 0.0838. The number of hydrogen-bond donors (Lipinski definition) is 1. The SMILES string of the molecule is Cc1ccc(N(C)C(=O)C(C)(C)N)c(C)c1. The van der Waals surface area contributed by atoms with Crippen LogP contribution in [0.4, 0.5) is 5.69 Å². The minimum atomic E-state index is -0.841. The van der Waals surface area contributed by atoms with Crippen LogP contribution in [0.1, 0.15) is 25.0 Å². The number of nitrogens with two attached hydrogens (primary N) is 1. The van der Waals surface area contributed by atoms with E-state index in [9.17, 15) is 4.79 Å². The van der Waals surface area contributed by atoms with Gasteiger partial charge in [0.25, 0.3) is 0 Å². The number of nitrogens with zero attached hydrogens (tertiary/aromatic N) is 1. The van der Waals surface area contributed by atoms with Gasteiger partial charge in [-0.15, -0.1) is 0 Å². The van der Waals surface area contributed by atoms with Crippen LogP contribution in [0.2, 0.25) is 0 Å². The van der Waals surface area contributed by atoms with E-state index in [-0.39, 0.29) is 5.91 Å². The quantitative estimate of drug-likeness (QED) is 0.828. The number of likely N-dealkylation sites (N-methyl/N-ethyl adjacent to an activating group) is 1. The monoisotopic (exact) mass is 220 g/mol. The predicted octanol–water partition coefficient (Wildman–Crippen LogP) is 2.00. The zero-order valence-corrected chi connectivity index (χ0v) is 10.7. The molecule has 1 amide bonds. The van der Waals surface area contributed by atoms with Crippen molar-refractivity contribution >= 4 is 11.6 Å². The van der Waals surface area contributed by atoms with Crippen molar-refractivity contribution in [3.63, 3.8) is 0 Å². The number of carbonyl (C=O) groups is 1. The maximum atomic E-state index is 12.0. The fourth-order valence-corrected chi connectivity index (χ4v) is 1.72. The summed E-state index contributed by atoms with van der Waals surface area (Å²) in [5.41, 5.74) is 8.15. The summed E-state index contributed by atoms with van der Waals surface area (Å²) in [5, 5.41) is 0. The van der Waals surface area contributed by atoms with Crippen LogP contribution in [0.3, 0.4) is 0 Å². The van der Waals surface area contributed by atoms with Crippen LogP contribution in [-0.2, 0) is 4.79 Å². The molecule has 0 saturated carbocycles. The van der Waals surface area contributed by atoms with E-state index in [1.165, 1.54) is 5.56 Å². The topological polar surface area (TPSA) is 46.3 Å². The van der Waals surface area contributed by atoms with Gasteiger partial charge in [0.2, 0.25) is 5.91 Å². The van der Waals surface area contributed by atoms with Gasteiger partial charge in [-0.1, -0.05) is 17.7 Å². The third-order valence-corrected chi connectivity index (χ3v) is 2.57. The Labute approximate surface area is 97.2 Å². The number of anilines is 1. The highest BCUT2D eigenvalue weighted by Gasteiger charge is 2.26. The molecule has 1 aromatic rings. The van der Waals surface area contributed by atoms with E-state index >= 15 is 0 Å². The van der Waals surface area contributed by atoms with E-state index in [1.807, 2.05) is 26.0 Å². The molecule has 0 fully saturated rings. The maximum absolute atomic E-state index is 12.0. The highest BCUT2D eigenvalue weighted by Crippen LogP contribution is 2.21. The summed E-state index contributed by atoms with van der Waals surface area (Å²) in [4.78, 5) is 13.6. The average Bonchev–Trinajstić information content (AvgIpc) is 2.14. The van der Waals surface area contributed by atoms with E-state index in [4.69, 9.17) is 5.73 Å². The van der Waals surface area contributed by atoms with Gasteiger partial charge >= 0.3 is 0 Å². The maximum Gasteiger partial charge on any atom is 0.246 e. The molecule has 0 atom stereocenters. The molecule has 0 aliphatic carbocycles. The Morgan fingerprint density at radius 2 is 1.88 bits per heavy atom. The molecule has 0 radical (unpaired) electrons. The van der Waals surface area contributed by atoms with Crippen LogP contribution in [0, 0.1) is 13.8 Å². The van der Waals surface area contributed by atoms with Gasteiger partial charge in [-0.2, -0.15) is 0 Å². The first-order valence-electron chi connectivity index (χ1n) is 5.38. The van der Waals surface area contributed by atoms with E-state index < -0.39 is 5.54 Å². The van der Waals surface area contributed by atoms with E-state index in [1.54, 1.807) is 25.8 Å². The van der Waals surface area contributed by atoms with Crippen LogP contribution < -0.4 is 10.6 Å². The standard InChI is InChI=1S/C13H20N2O/c1-9-6-7-11(10(2)8-9)15(5)12(16)13(3,4)14/h6-8H,14H2,1-5H3. The summed E-state index contributed by atoms with van der Waals surface area (Å²) < 4.78 is 0. The van der Waals surface area contributed by atoms with Crippen molar-refractivity contribution in [3.8, 4) is 0 Å². The second kappa shape index (κ2) is 4.26. The fourth-order valence-electron chi connectivity index (χ4n) is 1.72. The van der Waals surface area contributed by atoms with Gasteiger partial charge in [-0.25, -0.2) is 0 Å². The second-order valence-corrected chi connectivity index (χ2v) is 4.88. The summed E-state index contributed by atoms with van der Waals surface area (Å²) in [5.74, 6) is -0.0838. The molecule has 2 N–H and O–H groups in total. The Bertz CT molecular complexity index is 405. The first kappa shape index (κ1) is 12.7. The molecule has 16 heavy (non-hydrogen) atoms. The highest BCUT2D eigenvalue weighted by atomic mass is 16.2. The lowest BCUT2D eigenvalue weighted by atomic mass is 10.0. The molecule has 0 unspecified atom stereocenters. The molecule has 88 valence electrons. The molecule has 0 heterocycles. The summed E-state index contributed by atoms with van der Waals surface area (Å²) in [6.45, 7) is 7.46. The van der Waals surface area contributed by atoms with Gasteiger partial charge in [0.15, 0.2) is 0 Å². The first-order valence-corrected chi connectivity index (χ1v) is 5.38. The molecule has 0 spiro atoms. The number of amides is 1. The van der Waals surface area contributed by atoms with E-state index in [2.05, 4.69) is 6.07 Å². The molecule has 0 aliphatic rings. The normalized spacial score (nSPS) is 11.4. The van der Waals surface area contributed by atoms with Crippen LogP contribution in [0.25, 0.3) is 0 Å². The van der Waals surface area contributed by atoms with Gasteiger partial charge in [0.1, 0.15) is 0 Å². The predicted molar refractivity (Wildman–Crippen MR) is 67.6 cm³/mol. The Balaban J connectivity index is 3.06. The summed E-state index contributed by atoms with van der Waals surface area (Å²) >= 11 is 0. The summed E-state index contributed by atoms with van der Waals surface area (Å²) in [7, 11) is 1.76. The lowest BCUT2D eigenvalue weighted by molar-refractivity contribution is -0.122. The largest absolute Gasteiger partial charge is 0.318 e. The summed E-state index contributed by atoms with van der Waals surface area (Å²) in [6, 6.07) is 6.01. The van der Waals surface area contributed by atoms with Gasteiger partial charge in [0.05, 0.1) is 5.54 Å². The molecule has 3 heteroatoms. The van der Waals surface area contributed by atoms with Crippen molar-refractivity contribution in [3.05, 3.63) is 29.3 Å². The van der Waals surface area contributed by atoms with Crippen LogP contribution in [0.15, 0.2) is 18.2 Å². The first-order chi connectivity index (χ1) is 7.23. The van der Waals surface area contributed by atoms with Crippen molar-refractivity contribution in [1.29, 1.82) is 0 Å². The smallest absolute Gasteiger partial charge is 0.246 e. The molecule has 0 saturated heterocycles. The van der Waals surface area contributed by atoms with Crippen molar-refractivity contribution in [2.45, 2.75) is 33.2 Å². The lowest BCUT2D eigenvalue weighted by Crippen LogP contribution is -2.50. The number of carbonyl (C=O) groups excluding carboxylic acids is 1. The van der Waals surface area contributed by atoms with Crippen LogP contribution in [0.5, 0.6) is 0 Å². The van der Waals surface area contributed by atoms with E-state index in [0.29, 0.717) is 0 Å². The third kappa shape index (κ3) is 2.61. The van der Waals surface area contributed by atoms with Crippen molar-refractivity contribution in [2.75, 3.05) is 11.9 Å². The molecule has 3 nitrogen and oxygen atoms in total. The Hall–Kier alpha value is -1.35. The number of hydrogen-bond acceptors (Lipinski definition) is 2. The van der Waals surface area contributed by atoms with Crippen LogP contribution >= 0.6 is 0 Å². The van der Waals surface area contributed by atoms with Crippen LogP contribution in [-0.4, -0.2) is 18.5 Å². The Kier molecular flexibility index (Phi) is 3.38. The second-order valence-electron chi connectivity index (χ2n) is 4.88. The number of aryl methyl sites for hydroxylation is 2. The van der Waals surface area contributed by atoms with Gasteiger partial charge in [0, 0.05) is 12.7 Å². The lowest BCUT2D eigenvalue weighted by Gasteiger charge is -2.27. The molecule has 0 aliphatic heterocycles. The molecule has 1 aromatic carbocycles. The zero-order chi connectivity index (χ0) is 12.5. The van der Waals surface area contributed by atoms with Gasteiger partial charge in [-0.3, -0.25) is 4.79 Å². The Morgan fingerprint density at radius 3 is 2.31 bits per heavy atom. The molecular weight excluding hydrogens is 200 g/mol. The molecule has 1 rings (SSSR count). The van der Waals surface area contributed by atoms with Gasteiger partial charge in [-0.05, 0) is 39.3 Å². The van der Waals surface area contributed by atoms with E-state index in [0.717, 1.165) is 11.3 Å². The molecular formula is C13H20N2O. The van der Waals surface area contributed by atoms with Crippen molar-refractivity contribution < 1.29 is 4.79 Å². The molecule has 0 bridgehead atoms. The zero-order valence-electron chi connectivity index (χ0n) is 10.7. The Morgan fingerprint density at radius 1 is 1.31 bits per heavy atom. The molecule has 0 aromatic heterocycles. The minimum Gasteiger partial charge on any atom is -0.318 e. The number of benzene rings is 1. The summed E-state index contributed by atoms with van der Waals surface area (Å²) in [6.07, 6.45) is 0. The van der Waals surface area contributed by atoms with Gasteiger partial charge < -0.3 is 10.6 Å².